The van der Waals surface area contributed by atoms with Crippen LogP contribution in [0.1, 0.15) is 26.3 Å². The third-order valence-electron chi connectivity index (χ3n) is 4.12. The SMILES string of the molecule is CO[C@H](Sc1ccc(C#N)cc1)[C@H]1OC[C@@H](OC(C)=O)[C@@H](OC(C)=O)[C@H]1OC(C)=O. The maximum Gasteiger partial charge on any atom is 0.303 e. The molecule has 162 valence electrons. The average Bonchev–Trinajstić information content (AvgIpc) is 2.68. The number of nitrogens with zero attached hydrogens (tertiary/aromatic N) is 1. The molecule has 1 saturated heterocycles. The summed E-state index contributed by atoms with van der Waals surface area (Å²) in [5.74, 6) is -1.83. The Hall–Kier alpha value is -2.61. The van der Waals surface area contributed by atoms with Gasteiger partial charge in [-0.15, -0.1) is 0 Å². The van der Waals surface area contributed by atoms with E-state index >= 15 is 0 Å². The number of ether oxygens (including phenoxy) is 5. The molecular weight excluding hydrogens is 414 g/mol. The van der Waals surface area contributed by atoms with Gasteiger partial charge in [-0.05, 0) is 24.3 Å². The molecule has 10 heteroatoms. The number of hydrogen-bond donors (Lipinski definition) is 0. The van der Waals surface area contributed by atoms with Gasteiger partial charge < -0.3 is 23.7 Å². The molecule has 1 aliphatic heterocycles. The van der Waals surface area contributed by atoms with E-state index in [-0.39, 0.29) is 6.61 Å². The number of hydrogen-bond acceptors (Lipinski definition) is 10. The van der Waals surface area contributed by atoms with E-state index in [1.165, 1.54) is 39.6 Å². The predicted octanol–water partition coefficient (Wildman–Crippen LogP) is 1.82. The maximum atomic E-state index is 11.8. The Kier molecular flexibility index (Phi) is 8.65. The summed E-state index contributed by atoms with van der Waals surface area (Å²) >= 11 is 1.29. The fourth-order valence-electron chi connectivity index (χ4n) is 2.99. The largest absolute Gasteiger partial charge is 0.456 e. The second kappa shape index (κ2) is 11.0. The molecule has 1 aromatic carbocycles. The third kappa shape index (κ3) is 6.45. The van der Waals surface area contributed by atoms with Crippen molar-refractivity contribution in [2.45, 2.75) is 55.5 Å². The Morgan fingerprint density at radius 2 is 1.60 bits per heavy atom. The zero-order valence-electron chi connectivity index (χ0n) is 17.0. The quantitative estimate of drug-likeness (QED) is 0.270. The molecule has 2 rings (SSSR count). The van der Waals surface area contributed by atoms with Crippen LogP contribution >= 0.6 is 11.8 Å². The number of methoxy groups -OCH3 is 1. The molecule has 0 aromatic heterocycles. The Balaban J connectivity index is 2.31. The number of rotatable bonds is 7. The number of carbonyl (C=O) groups is 3. The summed E-state index contributed by atoms with van der Waals surface area (Å²) in [6.45, 7) is 3.57. The first-order valence-corrected chi connectivity index (χ1v) is 9.96. The van der Waals surface area contributed by atoms with Gasteiger partial charge in [0.05, 0.1) is 18.2 Å². The first-order chi connectivity index (χ1) is 14.2. The van der Waals surface area contributed by atoms with Gasteiger partial charge in [0.25, 0.3) is 0 Å². The topological polar surface area (TPSA) is 121 Å². The van der Waals surface area contributed by atoms with Crippen molar-refractivity contribution in [1.82, 2.24) is 0 Å². The second-order valence-electron chi connectivity index (χ2n) is 6.45. The Bertz CT molecular complexity index is 806. The van der Waals surface area contributed by atoms with Crippen LogP contribution in [0.3, 0.4) is 0 Å². The van der Waals surface area contributed by atoms with Crippen LogP contribution in [0.2, 0.25) is 0 Å². The highest BCUT2D eigenvalue weighted by molar-refractivity contribution is 7.99. The van der Waals surface area contributed by atoms with Crippen LogP contribution < -0.4 is 0 Å². The van der Waals surface area contributed by atoms with Gasteiger partial charge in [0.2, 0.25) is 0 Å². The van der Waals surface area contributed by atoms with Crippen molar-refractivity contribution in [3.63, 3.8) is 0 Å². The molecule has 0 unspecified atom stereocenters. The summed E-state index contributed by atoms with van der Waals surface area (Å²) in [6.07, 6.45) is -3.89. The van der Waals surface area contributed by atoms with Crippen LogP contribution in [-0.2, 0) is 38.1 Å². The van der Waals surface area contributed by atoms with E-state index in [2.05, 4.69) is 0 Å². The van der Waals surface area contributed by atoms with Gasteiger partial charge in [-0.2, -0.15) is 5.26 Å². The molecule has 1 aromatic rings. The van der Waals surface area contributed by atoms with E-state index in [0.29, 0.717) is 5.56 Å². The lowest BCUT2D eigenvalue weighted by molar-refractivity contribution is -0.233. The van der Waals surface area contributed by atoms with Crippen LogP contribution in [-0.4, -0.2) is 61.5 Å². The minimum absolute atomic E-state index is 0.0756. The van der Waals surface area contributed by atoms with Crippen molar-refractivity contribution in [2.75, 3.05) is 13.7 Å². The molecule has 0 bridgehead atoms. The van der Waals surface area contributed by atoms with Crippen molar-refractivity contribution >= 4 is 29.7 Å². The van der Waals surface area contributed by atoms with E-state index < -0.39 is 47.8 Å². The lowest BCUT2D eigenvalue weighted by atomic mass is 9.99. The summed E-state index contributed by atoms with van der Waals surface area (Å²) in [7, 11) is 1.47. The zero-order valence-corrected chi connectivity index (χ0v) is 17.8. The van der Waals surface area contributed by atoms with Gasteiger partial charge in [0.15, 0.2) is 18.3 Å². The van der Waals surface area contributed by atoms with Crippen molar-refractivity contribution in [2.24, 2.45) is 0 Å². The van der Waals surface area contributed by atoms with Gasteiger partial charge >= 0.3 is 17.9 Å². The highest BCUT2D eigenvalue weighted by atomic mass is 32.2. The van der Waals surface area contributed by atoms with Crippen LogP contribution in [0.5, 0.6) is 0 Å². The molecule has 1 fully saturated rings. The normalized spacial score (nSPS) is 24.2. The van der Waals surface area contributed by atoms with Gasteiger partial charge in [0.1, 0.15) is 11.5 Å². The molecule has 1 aliphatic rings. The minimum atomic E-state index is -1.07. The molecule has 0 amide bonds. The van der Waals surface area contributed by atoms with Crippen LogP contribution in [0.15, 0.2) is 29.2 Å². The summed E-state index contributed by atoms with van der Waals surface area (Å²) in [5.41, 5.74) is -0.141. The Morgan fingerprint density at radius 1 is 1.03 bits per heavy atom. The predicted molar refractivity (Wildman–Crippen MR) is 104 cm³/mol. The van der Waals surface area contributed by atoms with Crippen molar-refractivity contribution in [3.8, 4) is 6.07 Å². The summed E-state index contributed by atoms with van der Waals surface area (Å²) in [4.78, 5) is 35.7. The van der Waals surface area contributed by atoms with Crippen molar-refractivity contribution in [3.05, 3.63) is 29.8 Å². The maximum absolute atomic E-state index is 11.8. The zero-order chi connectivity index (χ0) is 22.3. The van der Waals surface area contributed by atoms with E-state index in [1.54, 1.807) is 24.3 Å². The van der Waals surface area contributed by atoms with Crippen molar-refractivity contribution < 1.29 is 38.1 Å². The van der Waals surface area contributed by atoms with E-state index in [9.17, 15) is 14.4 Å². The monoisotopic (exact) mass is 437 g/mol. The Morgan fingerprint density at radius 3 is 2.10 bits per heavy atom. The summed E-state index contributed by atoms with van der Waals surface area (Å²) in [6, 6.07) is 8.88. The number of esters is 3. The lowest BCUT2D eigenvalue weighted by Crippen LogP contribution is -2.60. The minimum Gasteiger partial charge on any atom is -0.456 e. The molecule has 0 spiro atoms. The molecule has 9 nitrogen and oxygen atoms in total. The van der Waals surface area contributed by atoms with E-state index in [1.807, 2.05) is 6.07 Å². The molecular formula is C20H23NO8S. The molecule has 0 saturated carbocycles. The highest BCUT2D eigenvalue weighted by Crippen LogP contribution is 2.34. The molecule has 5 atom stereocenters. The number of nitriles is 1. The van der Waals surface area contributed by atoms with Crippen molar-refractivity contribution in [1.29, 1.82) is 5.26 Å². The summed E-state index contributed by atoms with van der Waals surface area (Å²) in [5, 5.41) is 8.94. The van der Waals surface area contributed by atoms with Crippen LogP contribution in [0.4, 0.5) is 0 Å². The molecule has 1 heterocycles. The lowest BCUT2D eigenvalue weighted by Gasteiger charge is -2.42. The highest BCUT2D eigenvalue weighted by Gasteiger charge is 2.49. The fraction of sp³-hybridized carbons (Fsp3) is 0.500. The molecule has 0 N–H and O–H groups in total. The molecule has 30 heavy (non-hydrogen) atoms. The first kappa shape index (κ1) is 23.7. The van der Waals surface area contributed by atoms with Crippen LogP contribution in [0.25, 0.3) is 0 Å². The van der Waals surface area contributed by atoms with Gasteiger partial charge in [-0.1, -0.05) is 11.8 Å². The number of carbonyl (C=O) groups excluding carboxylic acids is 3. The second-order valence-corrected chi connectivity index (χ2v) is 7.62. The van der Waals surface area contributed by atoms with Gasteiger partial charge in [0, 0.05) is 32.8 Å². The summed E-state index contributed by atoms with van der Waals surface area (Å²) < 4.78 is 27.4. The number of benzene rings is 1. The van der Waals surface area contributed by atoms with E-state index in [0.717, 1.165) is 4.90 Å². The van der Waals surface area contributed by atoms with Gasteiger partial charge in [-0.25, -0.2) is 0 Å². The van der Waals surface area contributed by atoms with Crippen LogP contribution in [0, 0.1) is 11.3 Å². The smallest absolute Gasteiger partial charge is 0.303 e. The average molecular weight is 437 g/mol. The fourth-order valence-corrected chi connectivity index (χ4v) is 4.02. The molecule has 0 aliphatic carbocycles. The standard InChI is InChI=1S/C20H23NO8S/c1-11(22)27-16-10-26-19(18(29-13(3)24)17(16)28-12(2)23)20(25-4)30-15-7-5-14(9-21)6-8-15/h5-8,16-20H,10H2,1-4H3/t16-,17-,18-,19+,20-/m1/s1. The molecule has 0 radical (unpaired) electrons. The third-order valence-corrected chi connectivity index (χ3v) is 5.36. The Labute approximate surface area is 178 Å². The van der Waals surface area contributed by atoms with E-state index in [4.69, 9.17) is 28.9 Å². The number of thioether (sulfide) groups is 1. The first-order valence-electron chi connectivity index (χ1n) is 9.08. The van der Waals surface area contributed by atoms with Gasteiger partial charge in [-0.3, -0.25) is 14.4 Å².